The van der Waals surface area contributed by atoms with E-state index in [0.29, 0.717) is 17.9 Å². The lowest BCUT2D eigenvalue weighted by atomic mass is 9.85. The van der Waals surface area contributed by atoms with Crippen LogP contribution >= 0.6 is 0 Å². The Labute approximate surface area is 183 Å². The summed E-state index contributed by atoms with van der Waals surface area (Å²) in [5.74, 6) is 0.178. The van der Waals surface area contributed by atoms with Crippen LogP contribution < -0.4 is 14.9 Å². The molecule has 5 rings (SSSR count). The number of nitrogens with zero attached hydrogens (tertiary/aromatic N) is 2. The van der Waals surface area contributed by atoms with Crippen molar-refractivity contribution in [3.63, 3.8) is 0 Å². The molecule has 2 aliphatic rings. The summed E-state index contributed by atoms with van der Waals surface area (Å²) in [6, 6.07) is 22.6. The second-order valence-electron chi connectivity index (χ2n) is 7.72. The fourth-order valence-electron chi connectivity index (χ4n) is 4.31. The molecule has 0 bridgehead atoms. The van der Waals surface area contributed by atoms with Gasteiger partial charge in [-0.25, -0.2) is 5.43 Å². The van der Waals surface area contributed by atoms with Gasteiger partial charge in [-0.3, -0.25) is 14.9 Å². The SMILES string of the molecule is O=C(N/N=C/c1cc2c(cc1[N+](=O)[O-])OCO2)C1CC1(c1ccccc1)c1ccccc1. The van der Waals surface area contributed by atoms with E-state index >= 15 is 0 Å². The predicted octanol–water partition coefficient (Wildman–Crippen LogP) is 3.78. The third-order valence-electron chi connectivity index (χ3n) is 5.95. The Morgan fingerprint density at radius 1 is 1.03 bits per heavy atom. The molecular formula is C24H19N3O5. The van der Waals surface area contributed by atoms with E-state index in [9.17, 15) is 14.9 Å². The summed E-state index contributed by atoms with van der Waals surface area (Å²) in [7, 11) is 0. The van der Waals surface area contributed by atoms with E-state index in [2.05, 4.69) is 10.5 Å². The first kappa shape index (κ1) is 19.7. The highest BCUT2D eigenvalue weighted by Gasteiger charge is 2.60. The van der Waals surface area contributed by atoms with Gasteiger partial charge in [0, 0.05) is 5.41 Å². The summed E-state index contributed by atoms with van der Waals surface area (Å²) in [5.41, 5.74) is 4.33. The van der Waals surface area contributed by atoms with Crippen LogP contribution in [0.5, 0.6) is 11.5 Å². The van der Waals surface area contributed by atoms with Crippen molar-refractivity contribution >= 4 is 17.8 Å². The molecule has 0 spiro atoms. The van der Waals surface area contributed by atoms with Crippen molar-refractivity contribution in [1.29, 1.82) is 0 Å². The zero-order valence-corrected chi connectivity index (χ0v) is 16.9. The summed E-state index contributed by atoms with van der Waals surface area (Å²) in [6.45, 7) is 0.00650. The second-order valence-corrected chi connectivity index (χ2v) is 7.72. The highest BCUT2D eigenvalue weighted by molar-refractivity contribution is 5.90. The molecule has 8 nitrogen and oxygen atoms in total. The van der Waals surface area contributed by atoms with E-state index in [0.717, 1.165) is 11.1 Å². The Hall–Kier alpha value is -4.20. The summed E-state index contributed by atoms with van der Waals surface area (Å²) in [6.07, 6.45) is 1.92. The molecule has 1 aliphatic carbocycles. The maximum absolute atomic E-state index is 13.0. The number of benzene rings is 3. The van der Waals surface area contributed by atoms with Crippen molar-refractivity contribution in [2.24, 2.45) is 11.0 Å². The van der Waals surface area contributed by atoms with Gasteiger partial charge in [-0.1, -0.05) is 60.7 Å². The van der Waals surface area contributed by atoms with E-state index in [4.69, 9.17) is 9.47 Å². The van der Waals surface area contributed by atoms with Crippen LogP contribution in [0.4, 0.5) is 5.69 Å². The van der Waals surface area contributed by atoms with Gasteiger partial charge >= 0.3 is 0 Å². The lowest BCUT2D eigenvalue weighted by Gasteiger charge is -2.18. The molecule has 0 radical (unpaired) electrons. The maximum Gasteiger partial charge on any atom is 0.282 e. The van der Waals surface area contributed by atoms with Gasteiger partial charge in [-0.15, -0.1) is 0 Å². The summed E-state index contributed by atoms with van der Waals surface area (Å²) in [5, 5.41) is 15.4. The Morgan fingerprint density at radius 2 is 1.62 bits per heavy atom. The van der Waals surface area contributed by atoms with E-state index in [1.165, 1.54) is 18.3 Å². The average molecular weight is 429 g/mol. The number of hydrogen-bond acceptors (Lipinski definition) is 6. The molecule has 1 aliphatic heterocycles. The van der Waals surface area contributed by atoms with Gasteiger partial charge in [0.2, 0.25) is 12.7 Å². The Morgan fingerprint density at radius 3 is 2.22 bits per heavy atom. The molecule has 1 N–H and O–H groups in total. The average Bonchev–Trinajstić information content (AvgIpc) is 3.43. The van der Waals surface area contributed by atoms with Gasteiger partial charge in [0.05, 0.1) is 28.7 Å². The van der Waals surface area contributed by atoms with Crippen molar-refractivity contribution in [1.82, 2.24) is 5.43 Å². The van der Waals surface area contributed by atoms with Crippen molar-refractivity contribution in [3.8, 4) is 11.5 Å². The minimum atomic E-state index is -0.526. The van der Waals surface area contributed by atoms with E-state index < -0.39 is 10.3 Å². The lowest BCUT2D eigenvalue weighted by Crippen LogP contribution is -2.25. The molecule has 1 fully saturated rings. The fraction of sp³-hybridized carbons (Fsp3) is 0.167. The number of amides is 1. The minimum absolute atomic E-state index is 0.00650. The number of hydrogen-bond donors (Lipinski definition) is 1. The van der Waals surface area contributed by atoms with Crippen LogP contribution in [0.25, 0.3) is 0 Å². The van der Waals surface area contributed by atoms with Crippen LogP contribution in [0.15, 0.2) is 77.9 Å². The molecule has 160 valence electrons. The summed E-state index contributed by atoms with van der Waals surface area (Å²) >= 11 is 0. The van der Waals surface area contributed by atoms with Crippen LogP contribution in [-0.2, 0) is 10.2 Å². The van der Waals surface area contributed by atoms with Crippen molar-refractivity contribution in [2.45, 2.75) is 11.8 Å². The topological polar surface area (TPSA) is 103 Å². The highest BCUT2D eigenvalue weighted by Crippen LogP contribution is 2.58. The molecule has 8 heteroatoms. The van der Waals surface area contributed by atoms with Gasteiger partial charge < -0.3 is 9.47 Å². The molecule has 32 heavy (non-hydrogen) atoms. The fourth-order valence-corrected chi connectivity index (χ4v) is 4.31. The molecule has 3 aromatic carbocycles. The molecule has 0 saturated heterocycles. The van der Waals surface area contributed by atoms with Crippen LogP contribution in [0.3, 0.4) is 0 Å². The van der Waals surface area contributed by atoms with Gasteiger partial charge in [0.1, 0.15) is 0 Å². The molecule has 1 atom stereocenters. The third-order valence-corrected chi connectivity index (χ3v) is 5.95. The Balaban J connectivity index is 1.37. The largest absolute Gasteiger partial charge is 0.454 e. The number of nitro benzene ring substituents is 1. The molecule has 3 aromatic rings. The van der Waals surface area contributed by atoms with E-state index in [1.54, 1.807) is 0 Å². The standard InChI is InChI=1S/C24H19N3O5/c28-23(26-25-14-16-11-21-22(32-15-31-21)12-20(16)27(29)30)19-13-24(19,17-7-3-1-4-8-17)18-9-5-2-6-10-18/h1-12,14,19H,13,15H2,(H,26,28)/b25-14+. The maximum atomic E-state index is 13.0. The number of carbonyl (C=O) groups excluding carboxylic acids is 1. The Kier molecular flexibility index (Phi) is 4.82. The number of carbonyl (C=O) groups is 1. The second kappa shape index (κ2) is 7.81. The first-order valence-electron chi connectivity index (χ1n) is 10.1. The summed E-state index contributed by atoms with van der Waals surface area (Å²) < 4.78 is 10.5. The lowest BCUT2D eigenvalue weighted by molar-refractivity contribution is -0.385. The van der Waals surface area contributed by atoms with Crippen LogP contribution in [0.1, 0.15) is 23.1 Å². The first-order valence-corrected chi connectivity index (χ1v) is 10.1. The number of fused-ring (bicyclic) bond motifs is 1. The zero-order chi connectivity index (χ0) is 22.1. The predicted molar refractivity (Wildman–Crippen MR) is 117 cm³/mol. The molecule has 1 heterocycles. The molecule has 0 aromatic heterocycles. The number of ether oxygens (including phenoxy) is 2. The smallest absolute Gasteiger partial charge is 0.282 e. The highest BCUT2D eigenvalue weighted by atomic mass is 16.7. The van der Waals surface area contributed by atoms with E-state index in [-0.39, 0.29) is 29.9 Å². The summed E-state index contributed by atoms with van der Waals surface area (Å²) in [4.78, 5) is 23.8. The van der Waals surface area contributed by atoms with Crippen molar-refractivity contribution in [3.05, 3.63) is 99.6 Å². The first-order chi connectivity index (χ1) is 15.6. The van der Waals surface area contributed by atoms with E-state index in [1.807, 2.05) is 60.7 Å². The van der Waals surface area contributed by atoms with Gasteiger partial charge in [-0.05, 0) is 23.6 Å². The molecule has 1 unspecified atom stereocenters. The number of rotatable bonds is 6. The molecule has 1 saturated carbocycles. The quantitative estimate of drug-likeness (QED) is 0.365. The van der Waals surface area contributed by atoms with Crippen LogP contribution in [0, 0.1) is 16.0 Å². The van der Waals surface area contributed by atoms with Crippen LogP contribution in [-0.4, -0.2) is 23.8 Å². The Bertz CT molecular complexity index is 1170. The third kappa shape index (κ3) is 3.35. The normalized spacial score (nSPS) is 17.8. The minimum Gasteiger partial charge on any atom is -0.454 e. The number of nitro groups is 1. The van der Waals surface area contributed by atoms with Gasteiger partial charge in [0.25, 0.3) is 5.69 Å². The molecular weight excluding hydrogens is 410 g/mol. The number of nitrogens with one attached hydrogen (secondary N) is 1. The van der Waals surface area contributed by atoms with Crippen LogP contribution in [0.2, 0.25) is 0 Å². The number of hydrazone groups is 1. The van der Waals surface area contributed by atoms with Crippen molar-refractivity contribution < 1.29 is 19.2 Å². The molecule has 1 amide bonds. The van der Waals surface area contributed by atoms with Gasteiger partial charge in [-0.2, -0.15) is 5.10 Å². The zero-order valence-electron chi connectivity index (χ0n) is 16.9. The van der Waals surface area contributed by atoms with Crippen molar-refractivity contribution in [2.75, 3.05) is 6.79 Å². The monoisotopic (exact) mass is 429 g/mol. The van der Waals surface area contributed by atoms with Gasteiger partial charge in [0.15, 0.2) is 11.5 Å².